The van der Waals surface area contributed by atoms with Crippen molar-refractivity contribution in [3.8, 4) is 11.5 Å². The molecule has 2 atom stereocenters. The van der Waals surface area contributed by atoms with Gasteiger partial charge in [-0.15, -0.1) is 13.2 Å². The van der Waals surface area contributed by atoms with Gasteiger partial charge in [0.2, 0.25) is 0 Å². The minimum Gasteiger partial charge on any atom is -0.493 e. The molecule has 1 saturated carbocycles. The zero-order valence-corrected chi connectivity index (χ0v) is 15.4. The predicted molar refractivity (Wildman–Crippen MR) is 99.4 cm³/mol. The summed E-state index contributed by atoms with van der Waals surface area (Å²) in [6.45, 7) is 0.350. The van der Waals surface area contributed by atoms with E-state index in [-0.39, 0.29) is 12.4 Å². The Bertz CT molecular complexity index is 779. The van der Waals surface area contributed by atoms with Crippen molar-refractivity contribution in [3.05, 3.63) is 59.7 Å². The van der Waals surface area contributed by atoms with Gasteiger partial charge in [-0.2, -0.15) is 0 Å². The van der Waals surface area contributed by atoms with E-state index in [0.717, 1.165) is 24.8 Å². The first kappa shape index (κ1) is 20.5. The van der Waals surface area contributed by atoms with Gasteiger partial charge in [-0.1, -0.05) is 30.3 Å². The number of aliphatic hydroxyl groups is 1. The highest BCUT2D eigenvalue weighted by molar-refractivity contribution is 5.33. The Labute approximate surface area is 162 Å². The Hall–Kier alpha value is -2.25. The highest BCUT2D eigenvalue weighted by Crippen LogP contribution is 2.39. The van der Waals surface area contributed by atoms with E-state index in [1.54, 1.807) is 6.07 Å². The van der Waals surface area contributed by atoms with Crippen LogP contribution in [0.25, 0.3) is 0 Å². The Balaban J connectivity index is 1.50. The second-order valence-electron chi connectivity index (χ2n) is 7.32. The minimum absolute atomic E-state index is 0.00807. The highest BCUT2D eigenvalue weighted by Gasteiger charge is 2.35. The van der Waals surface area contributed by atoms with Gasteiger partial charge < -0.3 is 20.3 Å². The van der Waals surface area contributed by atoms with E-state index in [1.165, 1.54) is 23.8 Å². The van der Waals surface area contributed by atoms with Crippen molar-refractivity contribution in [1.82, 2.24) is 0 Å². The normalized spacial score (nSPS) is 22.2. The number of benzene rings is 2. The Morgan fingerprint density at radius 3 is 2.46 bits per heavy atom. The molecule has 7 heteroatoms. The molecule has 0 bridgehead atoms. The van der Waals surface area contributed by atoms with E-state index < -0.39 is 11.9 Å². The molecule has 1 aliphatic rings. The molecular formula is C21H24F3NO3. The van der Waals surface area contributed by atoms with Crippen molar-refractivity contribution in [1.29, 1.82) is 0 Å². The molecule has 0 saturated heterocycles. The molecule has 3 N–H and O–H groups in total. The summed E-state index contributed by atoms with van der Waals surface area (Å²) in [4.78, 5) is 0. The van der Waals surface area contributed by atoms with Crippen molar-refractivity contribution in [3.63, 3.8) is 0 Å². The SMILES string of the molecule is N[C@]1(CO)CC[C@@H](c2ccc(CCOc3cccc(OC(F)(F)F)c3)cc2)C1. The van der Waals surface area contributed by atoms with E-state index in [4.69, 9.17) is 10.5 Å². The topological polar surface area (TPSA) is 64.7 Å². The molecular weight excluding hydrogens is 371 g/mol. The summed E-state index contributed by atoms with van der Waals surface area (Å²) in [5.41, 5.74) is 7.96. The average Bonchev–Trinajstić information content (AvgIpc) is 3.04. The summed E-state index contributed by atoms with van der Waals surface area (Å²) < 4.78 is 46.2. The maximum Gasteiger partial charge on any atom is 0.573 e. The average molecular weight is 395 g/mol. The number of aliphatic hydroxyl groups excluding tert-OH is 1. The van der Waals surface area contributed by atoms with Crippen LogP contribution < -0.4 is 15.2 Å². The first-order chi connectivity index (χ1) is 13.3. The van der Waals surface area contributed by atoms with E-state index in [1.807, 2.05) is 12.1 Å². The van der Waals surface area contributed by atoms with Gasteiger partial charge in [-0.05, 0) is 48.4 Å². The third-order valence-corrected chi connectivity index (χ3v) is 5.11. The molecule has 2 aromatic carbocycles. The number of alkyl halides is 3. The third-order valence-electron chi connectivity index (χ3n) is 5.11. The summed E-state index contributed by atoms with van der Waals surface area (Å²) in [5, 5.41) is 9.40. The standard InChI is InChI=1S/C21H24F3NO3/c22-21(23,24)28-19-3-1-2-18(12-19)27-11-9-15-4-6-16(7-5-15)17-8-10-20(25,13-17)14-26/h1-7,12,17,26H,8-11,13-14,25H2/t17-,20-/m1/s1. The second kappa shape index (κ2) is 8.41. The van der Waals surface area contributed by atoms with Gasteiger partial charge in [0.25, 0.3) is 0 Å². The van der Waals surface area contributed by atoms with E-state index in [0.29, 0.717) is 24.7 Å². The maximum absolute atomic E-state index is 12.3. The van der Waals surface area contributed by atoms with Crippen LogP contribution in [0.15, 0.2) is 48.5 Å². The number of hydrogen-bond acceptors (Lipinski definition) is 4. The lowest BCUT2D eigenvalue weighted by Gasteiger charge is -2.21. The van der Waals surface area contributed by atoms with Crippen LogP contribution in [0.1, 0.15) is 36.3 Å². The van der Waals surface area contributed by atoms with Crippen LogP contribution in [0.2, 0.25) is 0 Å². The van der Waals surface area contributed by atoms with Crippen LogP contribution in [0.4, 0.5) is 13.2 Å². The molecule has 4 nitrogen and oxygen atoms in total. The Morgan fingerprint density at radius 2 is 1.82 bits per heavy atom. The Morgan fingerprint density at radius 1 is 1.11 bits per heavy atom. The smallest absolute Gasteiger partial charge is 0.493 e. The van der Waals surface area contributed by atoms with Crippen molar-refractivity contribution in [2.45, 2.75) is 43.5 Å². The van der Waals surface area contributed by atoms with Gasteiger partial charge in [0.1, 0.15) is 11.5 Å². The number of ether oxygens (including phenoxy) is 2. The number of rotatable bonds is 7. The molecule has 152 valence electrons. The molecule has 0 amide bonds. The van der Waals surface area contributed by atoms with Crippen molar-refractivity contribution in [2.24, 2.45) is 5.73 Å². The number of nitrogens with two attached hydrogens (primary N) is 1. The number of hydrogen-bond donors (Lipinski definition) is 2. The Kier molecular flexibility index (Phi) is 6.15. The van der Waals surface area contributed by atoms with Crippen LogP contribution in [0.3, 0.4) is 0 Å². The van der Waals surface area contributed by atoms with E-state index in [9.17, 15) is 18.3 Å². The molecule has 0 heterocycles. The van der Waals surface area contributed by atoms with E-state index >= 15 is 0 Å². The first-order valence-electron chi connectivity index (χ1n) is 9.24. The molecule has 0 spiro atoms. The van der Waals surface area contributed by atoms with Crippen molar-refractivity contribution < 1.29 is 27.8 Å². The van der Waals surface area contributed by atoms with Crippen LogP contribution in [-0.4, -0.2) is 30.2 Å². The summed E-state index contributed by atoms with van der Waals surface area (Å²) >= 11 is 0. The summed E-state index contributed by atoms with van der Waals surface area (Å²) in [6, 6.07) is 13.7. The van der Waals surface area contributed by atoms with Gasteiger partial charge in [-0.25, -0.2) is 0 Å². The summed E-state index contributed by atoms with van der Waals surface area (Å²) in [6.07, 6.45) is -1.52. The monoisotopic (exact) mass is 395 g/mol. The molecule has 1 aliphatic carbocycles. The fourth-order valence-electron chi connectivity index (χ4n) is 3.59. The zero-order chi connectivity index (χ0) is 20.2. The fourth-order valence-corrected chi connectivity index (χ4v) is 3.59. The fraction of sp³-hybridized carbons (Fsp3) is 0.429. The minimum atomic E-state index is -4.72. The van der Waals surface area contributed by atoms with Crippen molar-refractivity contribution >= 4 is 0 Å². The number of halogens is 3. The van der Waals surface area contributed by atoms with Gasteiger partial charge >= 0.3 is 6.36 Å². The molecule has 0 unspecified atom stereocenters. The third kappa shape index (κ3) is 5.62. The predicted octanol–water partition coefficient (Wildman–Crippen LogP) is 4.16. The van der Waals surface area contributed by atoms with Crippen LogP contribution in [-0.2, 0) is 6.42 Å². The molecule has 0 radical (unpaired) electrons. The zero-order valence-electron chi connectivity index (χ0n) is 15.4. The quantitative estimate of drug-likeness (QED) is 0.739. The second-order valence-corrected chi connectivity index (χ2v) is 7.32. The van der Waals surface area contributed by atoms with Crippen LogP contribution >= 0.6 is 0 Å². The van der Waals surface area contributed by atoms with Crippen LogP contribution in [0, 0.1) is 0 Å². The molecule has 3 rings (SSSR count). The summed E-state index contributed by atoms with van der Waals surface area (Å²) in [7, 11) is 0. The lowest BCUT2D eigenvalue weighted by molar-refractivity contribution is -0.274. The van der Waals surface area contributed by atoms with Crippen LogP contribution in [0.5, 0.6) is 11.5 Å². The van der Waals surface area contributed by atoms with Crippen molar-refractivity contribution in [2.75, 3.05) is 13.2 Å². The lowest BCUT2D eigenvalue weighted by Crippen LogP contribution is -2.40. The van der Waals surface area contributed by atoms with E-state index in [2.05, 4.69) is 16.9 Å². The van der Waals surface area contributed by atoms with Gasteiger partial charge in [-0.3, -0.25) is 0 Å². The van der Waals surface area contributed by atoms with Gasteiger partial charge in [0, 0.05) is 18.0 Å². The van der Waals surface area contributed by atoms with Gasteiger partial charge in [0.15, 0.2) is 0 Å². The molecule has 0 aliphatic heterocycles. The molecule has 2 aromatic rings. The lowest BCUT2D eigenvalue weighted by atomic mass is 9.93. The molecule has 28 heavy (non-hydrogen) atoms. The largest absolute Gasteiger partial charge is 0.573 e. The summed E-state index contributed by atoms with van der Waals surface area (Å²) in [5.74, 6) is 0.385. The molecule has 0 aromatic heterocycles. The van der Waals surface area contributed by atoms with Gasteiger partial charge in [0.05, 0.1) is 13.2 Å². The molecule has 1 fully saturated rings. The first-order valence-corrected chi connectivity index (χ1v) is 9.24. The highest BCUT2D eigenvalue weighted by atomic mass is 19.4. The maximum atomic E-state index is 12.3.